The van der Waals surface area contributed by atoms with Crippen LogP contribution in [0.3, 0.4) is 0 Å². The first kappa shape index (κ1) is 21.0. The molecule has 0 heterocycles. The van der Waals surface area contributed by atoms with Crippen LogP contribution in [-0.2, 0) is 12.4 Å². The smallest absolute Gasteiger partial charge is 0.258 e. The van der Waals surface area contributed by atoms with E-state index < -0.39 is 67.5 Å². The molecule has 0 aliphatic rings. The highest BCUT2D eigenvalue weighted by molar-refractivity contribution is 5.72. The summed E-state index contributed by atoms with van der Waals surface area (Å²) in [6.07, 6.45) is -10.6. The van der Waals surface area contributed by atoms with Gasteiger partial charge in [-0.1, -0.05) is 0 Å². The van der Waals surface area contributed by atoms with E-state index in [1.807, 2.05) is 0 Å². The van der Waals surface area contributed by atoms with E-state index >= 15 is 0 Å². The molecule has 0 spiro atoms. The van der Waals surface area contributed by atoms with Gasteiger partial charge in [-0.05, 0) is 12.1 Å². The summed E-state index contributed by atoms with van der Waals surface area (Å²) >= 11 is 0. The summed E-state index contributed by atoms with van der Waals surface area (Å²) in [5.74, 6) is -4.18. The molecule has 2 aromatic rings. The van der Waals surface area contributed by atoms with E-state index in [2.05, 4.69) is 0 Å². The molecule has 0 radical (unpaired) electrons. The number of hydrogen-bond acceptors (Lipinski definition) is 4. The van der Waals surface area contributed by atoms with Gasteiger partial charge >= 0.3 is 23.7 Å². The zero-order chi connectivity index (χ0) is 21.6. The second-order valence-corrected chi connectivity index (χ2v) is 5.22. The normalized spacial score (nSPS) is 12.1. The van der Waals surface area contributed by atoms with Crippen molar-refractivity contribution in [3.05, 3.63) is 67.3 Å². The Kier molecular flexibility index (Phi) is 5.01. The molecule has 0 amide bonds. The molecule has 0 saturated carbocycles. The first-order valence-electron chi connectivity index (χ1n) is 6.75. The van der Waals surface area contributed by atoms with Crippen LogP contribution in [0, 0.1) is 31.9 Å². The molecule has 0 fully saturated rings. The zero-order valence-corrected chi connectivity index (χ0v) is 12.9. The van der Waals surface area contributed by atoms with Crippen LogP contribution in [0.2, 0.25) is 0 Å². The van der Waals surface area contributed by atoms with Gasteiger partial charge in [-0.15, -0.1) is 0 Å². The summed E-state index contributed by atoms with van der Waals surface area (Å²) in [5, 5.41) is 21.6. The summed E-state index contributed by atoms with van der Waals surface area (Å²) in [5.41, 5.74) is -10.5. The number of hydrogen-bond donors (Lipinski definition) is 0. The maximum absolute atomic E-state index is 14.3. The maximum Gasteiger partial charge on any atom is 0.416 e. The van der Waals surface area contributed by atoms with Gasteiger partial charge in [-0.3, -0.25) is 20.2 Å². The predicted octanol–water partition coefficient (Wildman–Crippen LogP) is 5.49. The van der Waals surface area contributed by atoms with E-state index in [9.17, 15) is 55.4 Å². The summed E-state index contributed by atoms with van der Waals surface area (Å²) in [4.78, 5) is 18.4. The Morgan fingerprint density at radius 1 is 0.643 bits per heavy atom. The Bertz CT molecular complexity index is 905. The third kappa shape index (κ3) is 3.84. The number of halogens is 8. The average Bonchev–Trinajstić information content (AvgIpc) is 2.52. The van der Waals surface area contributed by atoms with Crippen LogP contribution in [0.1, 0.15) is 11.1 Å². The molecule has 0 unspecified atom stereocenters. The number of nitrogens with zero attached hydrogens (tertiary/aromatic N) is 2. The summed E-state index contributed by atoms with van der Waals surface area (Å²) in [7, 11) is 0. The van der Waals surface area contributed by atoms with Gasteiger partial charge in [0.2, 0.25) is 11.6 Å². The maximum atomic E-state index is 14.3. The lowest BCUT2D eigenvalue weighted by Gasteiger charge is -2.13. The lowest BCUT2D eigenvalue weighted by molar-refractivity contribution is -0.388. The topological polar surface area (TPSA) is 86.3 Å². The highest BCUT2D eigenvalue weighted by Gasteiger charge is 2.38. The number of nitro benzene ring substituents is 2. The van der Waals surface area contributed by atoms with Crippen molar-refractivity contribution >= 4 is 11.4 Å². The van der Waals surface area contributed by atoms with Crippen LogP contribution < -0.4 is 0 Å². The molecule has 0 bridgehead atoms. The van der Waals surface area contributed by atoms with Gasteiger partial charge in [0.15, 0.2) is 0 Å². The molecule has 0 atom stereocenters. The van der Waals surface area contributed by atoms with E-state index in [0.717, 1.165) is 0 Å². The SMILES string of the molecule is O=[N+]([O-])c1cc(C(F)(F)F)cc(-c2cc(C(F)(F)F)cc([N+](=O)[O-])c2F)c1F. The Labute approximate surface area is 148 Å². The second kappa shape index (κ2) is 6.69. The lowest BCUT2D eigenvalue weighted by Crippen LogP contribution is -2.10. The van der Waals surface area contributed by atoms with E-state index in [0.29, 0.717) is 0 Å². The number of nitro groups is 2. The van der Waals surface area contributed by atoms with E-state index in [-0.39, 0.29) is 24.3 Å². The zero-order valence-electron chi connectivity index (χ0n) is 12.9. The Morgan fingerprint density at radius 2 is 0.929 bits per heavy atom. The standard InChI is InChI=1S/C14H4F8N2O4/c15-11-7(1-5(13(17,18)19)3-9(11)23(25)26)8-2-6(14(20,21)22)4-10(12(8)16)24(27)28/h1-4H. The van der Waals surface area contributed by atoms with E-state index in [1.165, 1.54) is 0 Å². The van der Waals surface area contributed by atoms with Crippen molar-refractivity contribution < 1.29 is 45.0 Å². The molecule has 0 saturated heterocycles. The Hall–Kier alpha value is -3.32. The molecule has 0 aliphatic carbocycles. The molecule has 2 aromatic carbocycles. The molecular formula is C14H4F8N2O4. The van der Waals surface area contributed by atoms with Crippen molar-refractivity contribution in [2.45, 2.75) is 12.4 Å². The van der Waals surface area contributed by atoms with Crippen LogP contribution in [0.4, 0.5) is 46.5 Å². The van der Waals surface area contributed by atoms with Gasteiger partial charge < -0.3 is 0 Å². The largest absolute Gasteiger partial charge is 0.416 e. The fraction of sp³-hybridized carbons (Fsp3) is 0.143. The van der Waals surface area contributed by atoms with Gasteiger partial charge in [0.05, 0.1) is 21.0 Å². The molecular weight excluding hydrogens is 412 g/mol. The lowest BCUT2D eigenvalue weighted by atomic mass is 9.97. The van der Waals surface area contributed by atoms with Crippen molar-refractivity contribution in [3.63, 3.8) is 0 Å². The third-order valence-electron chi connectivity index (χ3n) is 3.45. The summed E-state index contributed by atoms with van der Waals surface area (Å²) < 4.78 is 106. The Morgan fingerprint density at radius 3 is 1.14 bits per heavy atom. The number of rotatable bonds is 3. The quantitative estimate of drug-likeness (QED) is 0.376. The molecule has 0 N–H and O–H groups in total. The van der Waals surface area contributed by atoms with Crippen molar-refractivity contribution in [2.75, 3.05) is 0 Å². The number of benzene rings is 2. The van der Waals surface area contributed by atoms with E-state index in [4.69, 9.17) is 0 Å². The molecule has 28 heavy (non-hydrogen) atoms. The van der Waals surface area contributed by atoms with Gasteiger partial charge in [0.1, 0.15) is 0 Å². The summed E-state index contributed by atoms with van der Waals surface area (Å²) in [6.45, 7) is 0. The number of alkyl halides is 6. The Balaban J connectivity index is 2.98. The summed E-state index contributed by atoms with van der Waals surface area (Å²) in [6, 6.07) is -0.827. The molecule has 14 heteroatoms. The molecule has 150 valence electrons. The van der Waals surface area contributed by atoms with Gasteiger partial charge in [-0.2, -0.15) is 35.1 Å². The van der Waals surface area contributed by atoms with E-state index in [1.54, 1.807) is 0 Å². The molecule has 0 aromatic heterocycles. The highest BCUT2D eigenvalue weighted by Crippen LogP contribution is 2.42. The molecule has 2 rings (SSSR count). The van der Waals surface area contributed by atoms with Gasteiger partial charge in [0.25, 0.3) is 0 Å². The first-order chi connectivity index (χ1) is 12.6. The van der Waals surface area contributed by atoms with Crippen molar-refractivity contribution in [1.29, 1.82) is 0 Å². The first-order valence-corrected chi connectivity index (χ1v) is 6.75. The predicted molar refractivity (Wildman–Crippen MR) is 75.1 cm³/mol. The van der Waals surface area contributed by atoms with Crippen LogP contribution >= 0.6 is 0 Å². The van der Waals surface area contributed by atoms with Crippen LogP contribution in [-0.4, -0.2) is 9.85 Å². The van der Waals surface area contributed by atoms with Gasteiger partial charge in [-0.25, -0.2) is 0 Å². The minimum Gasteiger partial charge on any atom is -0.258 e. The minimum atomic E-state index is -5.31. The molecule has 0 aliphatic heterocycles. The van der Waals surface area contributed by atoms with Crippen molar-refractivity contribution in [1.82, 2.24) is 0 Å². The van der Waals surface area contributed by atoms with Crippen LogP contribution in [0.5, 0.6) is 0 Å². The third-order valence-corrected chi connectivity index (χ3v) is 3.45. The van der Waals surface area contributed by atoms with Crippen LogP contribution in [0.25, 0.3) is 11.1 Å². The van der Waals surface area contributed by atoms with Crippen LogP contribution in [0.15, 0.2) is 24.3 Å². The monoisotopic (exact) mass is 416 g/mol. The second-order valence-electron chi connectivity index (χ2n) is 5.22. The average molecular weight is 416 g/mol. The highest BCUT2D eigenvalue weighted by atomic mass is 19.4. The fourth-order valence-electron chi connectivity index (χ4n) is 2.20. The molecule has 6 nitrogen and oxygen atoms in total. The fourth-order valence-corrected chi connectivity index (χ4v) is 2.20. The van der Waals surface area contributed by atoms with Crippen molar-refractivity contribution in [2.24, 2.45) is 0 Å². The minimum absolute atomic E-state index is 0.176. The van der Waals surface area contributed by atoms with Gasteiger partial charge in [0, 0.05) is 23.3 Å². The van der Waals surface area contributed by atoms with Crippen molar-refractivity contribution in [3.8, 4) is 11.1 Å².